The summed E-state index contributed by atoms with van der Waals surface area (Å²) in [4.78, 5) is 13.6. The Morgan fingerprint density at radius 3 is 2.65 bits per heavy atom. The number of carbonyl (C=O) groups excluding carboxylic acids is 1. The first kappa shape index (κ1) is 19.9. The Labute approximate surface area is 194 Å². The molecule has 6 nitrogen and oxygen atoms in total. The molecule has 0 aliphatic carbocycles. The summed E-state index contributed by atoms with van der Waals surface area (Å²) in [7, 11) is 0. The molecule has 0 fully saturated rings. The summed E-state index contributed by atoms with van der Waals surface area (Å²) in [5.74, 6) is 0.435. The van der Waals surface area contributed by atoms with E-state index in [4.69, 9.17) is 16.7 Å². The summed E-state index contributed by atoms with van der Waals surface area (Å²) in [5.41, 5.74) is 3.43. The van der Waals surface area contributed by atoms with Crippen LogP contribution < -0.4 is 5.32 Å². The number of rotatable bonds is 4. The van der Waals surface area contributed by atoms with E-state index < -0.39 is 0 Å². The Kier molecular flexibility index (Phi) is 5.27. The number of nitrogens with zero attached hydrogens (tertiary/aromatic N) is 4. The van der Waals surface area contributed by atoms with Crippen molar-refractivity contribution in [3.8, 4) is 22.0 Å². The molecule has 31 heavy (non-hydrogen) atoms. The van der Waals surface area contributed by atoms with Crippen molar-refractivity contribution in [3.63, 3.8) is 0 Å². The van der Waals surface area contributed by atoms with Crippen LogP contribution in [-0.4, -0.2) is 25.7 Å². The Morgan fingerprint density at radius 1 is 1.03 bits per heavy atom. The molecular formula is C22H13BrClN5OS. The van der Waals surface area contributed by atoms with Crippen molar-refractivity contribution in [2.45, 2.75) is 0 Å². The molecule has 0 aliphatic heterocycles. The van der Waals surface area contributed by atoms with Gasteiger partial charge in [0.2, 0.25) is 0 Å². The fourth-order valence-corrected chi connectivity index (χ4v) is 4.35. The molecule has 5 aromatic rings. The maximum absolute atomic E-state index is 12.6. The van der Waals surface area contributed by atoms with Gasteiger partial charge in [-0.2, -0.15) is 9.61 Å². The van der Waals surface area contributed by atoms with E-state index in [2.05, 4.69) is 31.4 Å². The highest BCUT2D eigenvalue weighted by Crippen LogP contribution is 2.26. The van der Waals surface area contributed by atoms with Gasteiger partial charge in [-0.05, 0) is 53.9 Å². The first-order valence-electron chi connectivity index (χ1n) is 9.22. The maximum Gasteiger partial charge on any atom is 0.257 e. The molecular weight excluding hydrogens is 498 g/mol. The van der Waals surface area contributed by atoms with E-state index in [0.717, 1.165) is 20.6 Å². The highest BCUT2D eigenvalue weighted by molar-refractivity contribution is 9.10. The van der Waals surface area contributed by atoms with E-state index in [9.17, 15) is 4.79 Å². The van der Waals surface area contributed by atoms with Crippen molar-refractivity contribution in [3.05, 3.63) is 87.2 Å². The molecule has 5 rings (SSSR count). The van der Waals surface area contributed by atoms with Gasteiger partial charge in [-0.3, -0.25) is 4.79 Å². The average molecular weight is 511 g/mol. The molecule has 0 bridgehead atoms. The smallest absolute Gasteiger partial charge is 0.257 e. The lowest BCUT2D eigenvalue weighted by Gasteiger charge is -2.08. The highest BCUT2D eigenvalue weighted by atomic mass is 79.9. The van der Waals surface area contributed by atoms with Gasteiger partial charge in [0.25, 0.3) is 5.91 Å². The molecule has 152 valence electrons. The molecule has 0 spiro atoms. The van der Waals surface area contributed by atoms with Gasteiger partial charge in [0.1, 0.15) is 0 Å². The van der Waals surface area contributed by atoms with Crippen LogP contribution in [0.4, 0.5) is 5.69 Å². The zero-order chi connectivity index (χ0) is 21.4. The second-order valence-electron chi connectivity index (χ2n) is 6.65. The quantitative estimate of drug-likeness (QED) is 0.313. The molecule has 3 heterocycles. The number of fused-ring (bicyclic) bond motifs is 1. The third kappa shape index (κ3) is 3.97. The lowest BCUT2D eigenvalue weighted by Crippen LogP contribution is -2.12. The predicted molar refractivity (Wildman–Crippen MR) is 127 cm³/mol. The van der Waals surface area contributed by atoms with Crippen LogP contribution in [0.5, 0.6) is 0 Å². The molecule has 0 saturated carbocycles. The Morgan fingerprint density at radius 2 is 1.87 bits per heavy atom. The summed E-state index contributed by atoms with van der Waals surface area (Å²) in [5, 5.41) is 18.4. The topological polar surface area (TPSA) is 72.2 Å². The molecule has 2 aromatic carbocycles. The largest absolute Gasteiger partial charge is 0.322 e. The lowest BCUT2D eigenvalue weighted by atomic mass is 10.1. The maximum atomic E-state index is 12.6. The second-order valence-corrected chi connectivity index (χ2v) is 8.92. The molecule has 0 atom stereocenters. The number of halogens is 2. The van der Waals surface area contributed by atoms with Gasteiger partial charge in [-0.15, -0.1) is 21.5 Å². The van der Waals surface area contributed by atoms with Crippen LogP contribution >= 0.6 is 38.9 Å². The van der Waals surface area contributed by atoms with Gasteiger partial charge >= 0.3 is 0 Å². The molecule has 9 heteroatoms. The standard InChI is InChI=1S/C22H13BrClN5OS/c23-14-5-8-17(24)16(12-14)22(30)25-15-6-3-13(4-7-15)18-9-10-20-26-27-21(29(20)28-18)19-2-1-11-31-19/h1-12H,(H,25,30). The van der Waals surface area contributed by atoms with Gasteiger partial charge in [-0.25, -0.2) is 0 Å². The number of carbonyl (C=O) groups is 1. The monoisotopic (exact) mass is 509 g/mol. The number of amides is 1. The molecule has 1 N–H and O–H groups in total. The number of benzene rings is 2. The zero-order valence-electron chi connectivity index (χ0n) is 15.8. The first-order chi connectivity index (χ1) is 15.1. The van der Waals surface area contributed by atoms with Crippen molar-refractivity contribution >= 4 is 56.1 Å². The Bertz CT molecular complexity index is 1400. The van der Waals surface area contributed by atoms with Crippen LogP contribution in [-0.2, 0) is 0 Å². The van der Waals surface area contributed by atoms with Gasteiger partial charge in [-0.1, -0.05) is 45.7 Å². The number of anilines is 1. The van der Waals surface area contributed by atoms with Crippen LogP contribution in [0.15, 0.2) is 76.6 Å². The van der Waals surface area contributed by atoms with Crippen LogP contribution in [0.2, 0.25) is 5.02 Å². The van der Waals surface area contributed by atoms with E-state index in [1.807, 2.05) is 53.9 Å². The van der Waals surface area contributed by atoms with Crippen LogP contribution in [0.3, 0.4) is 0 Å². The summed E-state index contributed by atoms with van der Waals surface area (Å²) < 4.78 is 2.53. The van der Waals surface area contributed by atoms with Gasteiger partial charge in [0.15, 0.2) is 11.5 Å². The SMILES string of the molecule is O=C(Nc1ccc(-c2ccc3nnc(-c4cccs4)n3n2)cc1)c1cc(Br)ccc1Cl. The van der Waals surface area contributed by atoms with E-state index >= 15 is 0 Å². The third-order valence-electron chi connectivity index (χ3n) is 4.62. The molecule has 0 radical (unpaired) electrons. The van der Waals surface area contributed by atoms with Crippen LogP contribution in [0.1, 0.15) is 10.4 Å². The highest BCUT2D eigenvalue weighted by Gasteiger charge is 2.13. The minimum Gasteiger partial charge on any atom is -0.322 e. The fraction of sp³-hybridized carbons (Fsp3) is 0. The second kappa shape index (κ2) is 8.22. The summed E-state index contributed by atoms with van der Waals surface area (Å²) in [6.45, 7) is 0. The zero-order valence-corrected chi connectivity index (χ0v) is 18.9. The van der Waals surface area contributed by atoms with Crippen molar-refractivity contribution in [2.24, 2.45) is 0 Å². The summed E-state index contributed by atoms with van der Waals surface area (Å²) in [6, 6.07) is 20.4. The normalized spacial score (nSPS) is 11.0. The molecule has 0 unspecified atom stereocenters. The Hall–Kier alpha value is -3.07. The predicted octanol–water partition coefficient (Wildman–Crippen LogP) is 6.19. The number of hydrogen-bond acceptors (Lipinski definition) is 5. The van der Waals surface area contributed by atoms with E-state index in [1.165, 1.54) is 0 Å². The minimum atomic E-state index is -0.274. The van der Waals surface area contributed by atoms with Gasteiger partial charge < -0.3 is 5.32 Å². The van der Waals surface area contributed by atoms with Crippen molar-refractivity contribution < 1.29 is 4.79 Å². The number of thiophene rings is 1. The minimum absolute atomic E-state index is 0.274. The van der Waals surface area contributed by atoms with E-state index in [0.29, 0.717) is 27.7 Å². The van der Waals surface area contributed by atoms with E-state index in [1.54, 1.807) is 34.1 Å². The molecule has 1 amide bonds. The number of nitrogens with one attached hydrogen (secondary N) is 1. The molecule has 0 saturated heterocycles. The molecule has 0 aliphatic rings. The summed E-state index contributed by atoms with van der Waals surface area (Å²) >= 11 is 11.1. The number of aromatic nitrogens is 4. The average Bonchev–Trinajstić information content (AvgIpc) is 3.45. The lowest BCUT2D eigenvalue weighted by molar-refractivity contribution is 0.102. The van der Waals surface area contributed by atoms with Gasteiger partial charge in [0.05, 0.1) is 21.2 Å². The van der Waals surface area contributed by atoms with E-state index in [-0.39, 0.29) is 5.91 Å². The van der Waals surface area contributed by atoms with Crippen molar-refractivity contribution in [1.82, 2.24) is 19.8 Å². The number of hydrogen-bond donors (Lipinski definition) is 1. The third-order valence-corrected chi connectivity index (χ3v) is 6.30. The summed E-state index contributed by atoms with van der Waals surface area (Å²) in [6.07, 6.45) is 0. The molecule has 3 aromatic heterocycles. The first-order valence-corrected chi connectivity index (χ1v) is 11.3. The fourth-order valence-electron chi connectivity index (χ4n) is 3.10. The van der Waals surface area contributed by atoms with Crippen LogP contribution in [0.25, 0.3) is 27.6 Å². The van der Waals surface area contributed by atoms with Crippen molar-refractivity contribution in [2.75, 3.05) is 5.32 Å². The van der Waals surface area contributed by atoms with Crippen LogP contribution in [0, 0.1) is 0 Å². The Balaban J connectivity index is 1.41. The van der Waals surface area contributed by atoms with Gasteiger partial charge in [0, 0.05) is 15.7 Å². The van der Waals surface area contributed by atoms with Crippen molar-refractivity contribution in [1.29, 1.82) is 0 Å².